The molecular formula is C21H25N. The summed E-state index contributed by atoms with van der Waals surface area (Å²) >= 11 is 0. The minimum atomic E-state index is 0.471. The normalized spacial score (nSPS) is 19.7. The van der Waals surface area contributed by atoms with E-state index in [-0.39, 0.29) is 0 Å². The van der Waals surface area contributed by atoms with Crippen molar-refractivity contribution in [3.8, 4) is 0 Å². The first-order valence-electron chi connectivity index (χ1n) is 8.76. The lowest BCUT2D eigenvalue weighted by Gasteiger charge is -2.41. The van der Waals surface area contributed by atoms with Gasteiger partial charge in [0.25, 0.3) is 0 Å². The molecule has 0 aromatic heterocycles. The molecular weight excluding hydrogens is 266 g/mol. The Morgan fingerprint density at radius 2 is 1.41 bits per heavy atom. The van der Waals surface area contributed by atoms with E-state index < -0.39 is 0 Å². The fourth-order valence-corrected chi connectivity index (χ4v) is 4.31. The molecule has 0 spiro atoms. The number of nitrogens with zero attached hydrogens (tertiary/aromatic N) is 1. The van der Waals surface area contributed by atoms with E-state index in [1.54, 1.807) is 0 Å². The Morgan fingerprint density at radius 3 is 1.95 bits per heavy atom. The molecule has 0 N–H and O–H groups in total. The topological polar surface area (TPSA) is 3.24 Å². The first-order chi connectivity index (χ1) is 10.9. The molecule has 0 atom stereocenters. The highest BCUT2D eigenvalue weighted by Gasteiger charge is 2.31. The highest BCUT2D eigenvalue weighted by atomic mass is 15.2. The van der Waals surface area contributed by atoms with Crippen LogP contribution in [0.5, 0.6) is 0 Å². The van der Waals surface area contributed by atoms with Gasteiger partial charge >= 0.3 is 0 Å². The Hall–Kier alpha value is -1.60. The smallest absolute Gasteiger partial charge is 0.0607 e. The quantitative estimate of drug-likeness (QED) is 0.768. The van der Waals surface area contributed by atoms with Crippen LogP contribution in [0.25, 0.3) is 0 Å². The van der Waals surface area contributed by atoms with Gasteiger partial charge in [0.15, 0.2) is 0 Å². The molecule has 22 heavy (non-hydrogen) atoms. The summed E-state index contributed by atoms with van der Waals surface area (Å²) in [4.78, 5) is 2.73. The highest BCUT2D eigenvalue weighted by Crippen LogP contribution is 2.40. The molecule has 1 heterocycles. The zero-order valence-electron chi connectivity index (χ0n) is 13.5. The lowest BCUT2D eigenvalue weighted by atomic mass is 9.80. The van der Waals surface area contributed by atoms with Crippen molar-refractivity contribution in [1.82, 2.24) is 4.90 Å². The van der Waals surface area contributed by atoms with Crippen molar-refractivity contribution in [2.24, 2.45) is 5.92 Å². The first kappa shape index (κ1) is 14.0. The van der Waals surface area contributed by atoms with Gasteiger partial charge in [0.05, 0.1) is 6.04 Å². The van der Waals surface area contributed by atoms with E-state index in [1.165, 1.54) is 54.6 Å². The summed E-state index contributed by atoms with van der Waals surface area (Å²) in [5, 5.41) is 0. The molecule has 114 valence electrons. The van der Waals surface area contributed by atoms with Crippen molar-refractivity contribution in [3.05, 3.63) is 70.8 Å². The van der Waals surface area contributed by atoms with E-state index in [0.29, 0.717) is 6.04 Å². The van der Waals surface area contributed by atoms with E-state index in [2.05, 4.69) is 60.4 Å². The molecule has 1 fully saturated rings. The van der Waals surface area contributed by atoms with Crippen LogP contribution in [0.15, 0.2) is 48.5 Å². The number of hydrogen-bond donors (Lipinski definition) is 0. The Balaban J connectivity index is 1.72. The lowest BCUT2D eigenvalue weighted by molar-refractivity contribution is 0.147. The van der Waals surface area contributed by atoms with E-state index in [0.717, 1.165) is 12.3 Å². The second-order valence-electron chi connectivity index (χ2n) is 6.86. The summed E-state index contributed by atoms with van der Waals surface area (Å²) in [6, 6.07) is 18.6. The maximum atomic E-state index is 2.73. The number of fused-ring (bicyclic) bond motifs is 2. The molecule has 0 amide bonds. The molecule has 0 unspecified atom stereocenters. The Labute approximate surface area is 134 Å². The van der Waals surface area contributed by atoms with Crippen molar-refractivity contribution in [3.63, 3.8) is 0 Å². The minimum Gasteiger partial charge on any atom is -0.292 e. The number of benzene rings is 2. The summed E-state index contributed by atoms with van der Waals surface area (Å²) in [5.74, 6) is 0.935. The Kier molecular flexibility index (Phi) is 3.75. The largest absolute Gasteiger partial charge is 0.292 e. The number of piperidine rings is 1. The minimum absolute atomic E-state index is 0.471. The average molecular weight is 291 g/mol. The number of rotatable bonds is 2. The number of likely N-dealkylation sites (tertiary alicyclic amines) is 1. The van der Waals surface area contributed by atoms with Gasteiger partial charge in [0, 0.05) is 0 Å². The molecule has 4 rings (SSSR count). The van der Waals surface area contributed by atoms with Gasteiger partial charge in [0.2, 0.25) is 0 Å². The standard InChI is InChI=1S/C21H25N/c1-2-16-11-13-22(14-12-16)21-19-9-5-3-7-17(19)15-18-8-4-6-10-20(18)21/h3-10,16,21H,2,11-15H2,1H3. The van der Waals surface area contributed by atoms with Crippen LogP contribution in [0.1, 0.15) is 54.5 Å². The highest BCUT2D eigenvalue weighted by molar-refractivity contribution is 5.48. The summed E-state index contributed by atoms with van der Waals surface area (Å²) in [6.07, 6.45) is 5.15. The Bertz CT molecular complexity index is 607. The Morgan fingerprint density at radius 1 is 0.864 bits per heavy atom. The van der Waals surface area contributed by atoms with Gasteiger partial charge in [-0.15, -0.1) is 0 Å². The lowest BCUT2D eigenvalue weighted by Crippen LogP contribution is -2.38. The summed E-state index contributed by atoms with van der Waals surface area (Å²) in [5.41, 5.74) is 6.11. The van der Waals surface area contributed by atoms with Gasteiger partial charge in [-0.3, -0.25) is 4.90 Å². The third-order valence-electron chi connectivity index (χ3n) is 5.67. The van der Waals surface area contributed by atoms with Crippen LogP contribution in [0.2, 0.25) is 0 Å². The van der Waals surface area contributed by atoms with Crippen LogP contribution >= 0.6 is 0 Å². The van der Waals surface area contributed by atoms with Crippen molar-refractivity contribution in [1.29, 1.82) is 0 Å². The van der Waals surface area contributed by atoms with Gasteiger partial charge < -0.3 is 0 Å². The average Bonchev–Trinajstić information content (AvgIpc) is 2.60. The third-order valence-corrected chi connectivity index (χ3v) is 5.67. The summed E-state index contributed by atoms with van der Waals surface area (Å²) < 4.78 is 0. The van der Waals surface area contributed by atoms with E-state index >= 15 is 0 Å². The van der Waals surface area contributed by atoms with E-state index in [9.17, 15) is 0 Å². The second kappa shape index (κ2) is 5.89. The van der Waals surface area contributed by atoms with Crippen LogP contribution in [0, 0.1) is 5.92 Å². The number of hydrogen-bond acceptors (Lipinski definition) is 1. The van der Waals surface area contributed by atoms with Gasteiger partial charge in [-0.25, -0.2) is 0 Å². The molecule has 0 saturated carbocycles. The van der Waals surface area contributed by atoms with E-state index in [1.807, 2.05) is 0 Å². The fraction of sp³-hybridized carbons (Fsp3) is 0.429. The fourth-order valence-electron chi connectivity index (χ4n) is 4.31. The zero-order chi connectivity index (χ0) is 14.9. The van der Waals surface area contributed by atoms with Crippen molar-refractivity contribution in [2.75, 3.05) is 13.1 Å². The van der Waals surface area contributed by atoms with Gasteiger partial charge in [0.1, 0.15) is 0 Å². The third kappa shape index (κ3) is 2.38. The zero-order valence-corrected chi connectivity index (χ0v) is 13.5. The van der Waals surface area contributed by atoms with Crippen LogP contribution < -0.4 is 0 Å². The van der Waals surface area contributed by atoms with Crippen LogP contribution in [0.3, 0.4) is 0 Å². The predicted molar refractivity (Wildman–Crippen MR) is 92.1 cm³/mol. The maximum Gasteiger partial charge on any atom is 0.0607 e. The molecule has 1 aliphatic heterocycles. The maximum absolute atomic E-state index is 2.73. The molecule has 2 aliphatic rings. The molecule has 2 aromatic carbocycles. The van der Waals surface area contributed by atoms with Gasteiger partial charge in [-0.2, -0.15) is 0 Å². The van der Waals surface area contributed by atoms with Crippen molar-refractivity contribution < 1.29 is 0 Å². The molecule has 0 bridgehead atoms. The van der Waals surface area contributed by atoms with Crippen molar-refractivity contribution >= 4 is 0 Å². The SMILES string of the molecule is CCC1CCN(C2c3ccccc3Cc3ccccc32)CC1. The molecule has 2 aromatic rings. The molecule has 1 nitrogen and oxygen atoms in total. The van der Waals surface area contributed by atoms with Gasteiger partial charge in [-0.05, 0) is 60.5 Å². The van der Waals surface area contributed by atoms with E-state index in [4.69, 9.17) is 0 Å². The van der Waals surface area contributed by atoms with Crippen LogP contribution in [-0.4, -0.2) is 18.0 Å². The van der Waals surface area contributed by atoms with Crippen molar-refractivity contribution in [2.45, 2.75) is 38.6 Å². The van der Waals surface area contributed by atoms with Crippen LogP contribution in [-0.2, 0) is 6.42 Å². The molecule has 1 saturated heterocycles. The predicted octanol–water partition coefficient (Wildman–Crippen LogP) is 4.80. The molecule has 1 aliphatic carbocycles. The monoisotopic (exact) mass is 291 g/mol. The second-order valence-corrected chi connectivity index (χ2v) is 6.86. The van der Waals surface area contributed by atoms with Crippen LogP contribution in [0.4, 0.5) is 0 Å². The molecule has 1 heteroatoms. The van der Waals surface area contributed by atoms with Gasteiger partial charge in [-0.1, -0.05) is 61.9 Å². The molecule has 0 radical (unpaired) electrons. The summed E-state index contributed by atoms with van der Waals surface area (Å²) in [6.45, 7) is 4.82. The first-order valence-corrected chi connectivity index (χ1v) is 8.76. The summed E-state index contributed by atoms with van der Waals surface area (Å²) in [7, 11) is 0.